The van der Waals surface area contributed by atoms with Crippen LogP contribution in [0.4, 0.5) is 0 Å². The summed E-state index contributed by atoms with van der Waals surface area (Å²) in [7, 11) is -3.56. The smallest absolute Gasteiger partial charge is 0.243 e. The van der Waals surface area contributed by atoms with Gasteiger partial charge in [-0.05, 0) is 6.42 Å². The molecular weight excluding hydrogens is 142 g/mol. The summed E-state index contributed by atoms with van der Waals surface area (Å²) in [6.07, 6.45) is 0.850. The topological polar surface area (TPSA) is 84.2 Å². The van der Waals surface area contributed by atoms with Gasteiger partial charge in [-0.15, -0.1) is 4.83 Å². The van der Waals surface area contributed by atoms with E-state index in [1.54, 1.807) is 0 Å². The SMILES string of the molecule is CCCNNS(N)(=O)=O. The molecular formula is C3H11N3O2S. The van der Waals surface area contributed by atoms with Gasteiger partial charge in [0.2, 0.25) is 0 Å². The number of hydrogen-bond acceptors (Lipinski definition) is 3. The minimum Gasteiger partial charge on any atom is -0.243 e. The molecule has 0 rings (SSSR count). The van der Waals surface area contributed by atoms with Gasteiger partial charge < -0.3 is 0 Å². The zero-order chi connectivity index (χ0) is 7.33. The van der Waals surface area contributed by atoms with Crippen molar-refractivity contribution in [3.63, 3.8) is 0 Å². The van der Waals surface area contributed by atoms with Gasteiger partial charge in [-0.1, -0.05) is 6.92 Å². The molecule has 9 heavy (non-hydrogen) atoms. The number of hydrogen-bond donors (Lipinski definition) is 3. The normalized spacial score (nSPS) is 11.8. The monoisotopic (exact) mass is 153 g/mol. The van der Waals surface area contributed by atoms with Crippen LogP contribution >= 0.6 is 0 Å². The van der Waals surface area contributed by atoms with Crippen LogP contribution in [0.2, 0.25) is 0 Å². The number of nitrogens with two attached hydrogens (primary N) is 1. The predicted octanol–water partition coefficient (Wildman–Crippen LogP) is -1.31. The van der Waals surface area contributed by atoms with Crippen molar-refractivity contribution in [1.29, 1.82) is 0 Å². The highest BCUT2D eigenvalue weighted by Crippen LogP contribution is 1.66. The van der Waals surface area contributed by atoms with Gasteiger partial charge in [0.05, 0.1) is 0 Å². The minimum atomic E-state index is -3.56. The maximum absolute atomic E-state index is 10.1. The van der Waals surface area contributed by atoms with Crippen molar-refractivity contribution in [2.24, 2.45) is 5.14 Å². The Morgan fingerprint density at radius 1 is 1.56 bits per heavy atom. The van der Waals surface area contributed by atoms with Crippen molar-refractivity contribution < 1.29 is 8.42 Å². The third-order valence-corrected chi connectivity index (χ3v) is 1.02. The van der Waals surface area contributed by atoms with E-state index in [4.69, 9.17) is 0 Å². The Morgan fingerprint density at radius 2 is 2.11 bits per heavy atom. The van der Waals surface area contributed by atoms with Gasteiger partial charge in [-0.2, -0.15) is 8.42 Å². The van der Waals surface area contributed by atoms with Gasteiger partial charge in [-0.3, -0.25) is 0 Å². The molecule has 0 radical (unpaired) electrons. The average molecular weight is 153 g/mol. The van der Waals surface area contributed by atoms with E-state index in [1.165, 1.54) is 0 Å². The first-order chi connectivity index (χ1) is 4.06. The summed E-state index contributed by atoms with van der Waals surface area (Å²) >= 11 is 0. The van der Waals surface area contributed by atoms with Gasteiger partial charge in [-0.25, -0.2) is 10.6 Å². The van der Waals surface area contributed by atoms with E-state index < -0.39 is 10.2 Å². The molecule has 0 saturated heterocycles. The van der Waals surface area contributed by atoms with Gasteiger partial charge in [0.15, 0.2) is 0 Å². The maximum Gasteiger partial charge on any atom is 0.287 e. The lowest BCUT2D eigenvalue weighted by Gasteiger charge is -2.00. The molecule has 0 aliphatic rings. The molecule has 0 aromatic heterocycles. The number of hydrazine groups is 1. The van der Waals surface area contributed by atoms with Gasteiger partial charge >= 0.3 is 0 Å². The van der Waals surface area contributed by atoms with Crippen molar-refractivity contribution >= 4 is 10.2 Å². The summed E-state index contributed by atoms with van der Waals surface area (Å²) in [5, 5.41) is 4.57. The molecule has 0 unspecified atom stereocenters. The van der Waals surface area contributed by atoms with Crippen LogP contribution in [-0.2, 0) is 10.2 Å². The van der Waals surface area contributed by atoms with Gasteiger partial charge in [0.25, 0.3) is 10.2 Å². The first kappa shape index (κ1) is 8.83. The van der Waals surface area contributed by atoms with E-state index >= 15 is 0 Å². The van der Waals surface area contributed by atoms with E-state index in [-0.39, 0.29) is 0 Å². The maximum atomic E-state index is 10.1. The molecule has 6 heteroatoms. The molecule has 0 heterocycles. The lowest BCUT2D eigenvalue weighted by Crippen LogP contribution is -2.41. The van der Waals surface area contributed by atoms with Crippen molar-refractivity contribution in [3.8, 4) is 0 Å². The number of rotatable bonds is 4. The Labute approximate surface area is 54.8 Å². The fourth-order valence-corrected chi connectivity index (χ4v) is 0.580. The lowest BCUT2D eigenvalue weighted by atomic mass is 10.5. The van der Waals surface area contributed by atoms with Crippen LogP contribution in [0.15, 0.2) is 0 Å². The van der Waals surface area contributed by atoms with Crippen LogP contribution in [-0.4, -0.2) is 15.0 Å². The molecule has 4 N–H and O–H groups in total. The Kier molecular flexibility index (Phi) is 3.71. The Bertz CT molecular complexity index is 152. The fraction of sp³-hybridized carbons (Fsp3) is 1.00. The molecule has 0 bridgehead atoms. The summed E-state index contributed by atoms with van der Waals surface area (Å²) in [4.78, 5) is 1.92. The standard InChI is InChI=1S/C3H11N3O2S/c1-2-3-5-6-9(4,7)8/h5-6H,2-3H2,1H3,(H2,4,7,8). The van der Waals surface area contributed by atoms with Crippen LogP contribution in [0, 0.1) is 0 Å². The van der Waals surface area contributed by atoms with Crippen LogP contribution in [0.3, 0.4) is 0 Å². The third kappa shape index (κ3) is 7.83. The van der Waals surface area contributed by atoms with Gasteiger partial charge in [0, 0.05) is 6.54 Å². The van der Waals surface area contributed by atoms with Crippen molar-refractivity contribution in [2.45, 2.75) is 13.3 Å². The molecule has 5 nitrogen and oxygen atoms in total. The van der Waals surface area contributed by atoms with E-state index in [0.29, 0.717) is 6.54 Å². The molecule has 0 aliphatic heterocycles. The predicted molar refractivity (Wildman–Crippen MR) is 34.5 cm³/mol. The zero-order valence-electron chi connectivity index (χ0n) is 5.22. The molecule has 56 valence electrons. The Morgan fingerprint density at radius 3 is 2.44 bits per heavy atom. The van der Waals surface area contributed by atoms with Crippen LogP contribution in [0.25, 0.3) is 0 Å². The molecule has 0 spiro atoms. The first-order valence-corrected chi connectivity index (χ1v) is 4.13. The highest BCUT2D eigenvalue weighted by Gasteiger charge is 1.95. The molecule has 0 aliphatic carbocycles. The molecule has 0 atom stereocenters. The van der Waals surface area contributed by atoms with E-state index in [1.807, 2.05) is 11.8 Å². The highest BCUT2D eigenvalue weighted by atomic mass is 32.2. The average Bonchev–Trinajstić information content (AvgIpc) is 1.63. The summed E-state index contributed by atoms with van der Waals surface area (Å²) < 4.78 is 20.2. The molecule has 0 amide bonds. The highest BCUT2D eigenvalue weighted by molar-refractivity contribution is 7.87. The van der Waals surface area contributed by atoms with E-state index in [2.05, 4.69) is 10.6 Å². The minimum absolute atomic E-state index is 0.580. The molecule has 0 saturated carbocycles. The summed E-state index contributed by atoms with van der Waals surface area (Å²) in [6.45, 7) is 2.49. The first-order valence-electron chi connectivity index (χ1n) is 2.58. The summed E-state index contributed by atoms with van der Waals surface area (Å²) in [5.41, 5.74) is 2.41. The van der Waals surface area contributed by atoms with E-state index in [0.717, 1.165) is 6.42 Å². The van der Waals surface area contributed by atoms with Crippen molar-refractivity contribution in [1.82, 2.24) is 10.3 Å². The van der Waals surface area contributed by atoms with Gasteiger partial charge in [0.1, 0.15) is 0 Å². The second-order valence-electron chi connectivity index (χ2n) is 1.57. The van der Waals surface area contributed by atoms with E-state index in [9.17, 15) is 8.42 Å². The summed E-state index contributed by atoms with van der Waals surface area (Å²) in [6, 6.07) is 0. The molecule has 0 aromatic carbocycles. The summed E-state index contributed by atoms with van der Waals surface area (Å²) in [5.74, 6) is 0. The molecule has 0 aromatic rings. The quantitative estimate of drug-likeness (QED) is 0.346. The lowest BCUT2D eigenvalue weighted by molar-refractivity contribution is 0.555. The van der Waals surface area contributed by atoms with Crippen molar-refractivity contribution in [3.05, 3.63) is 0 Å². The number of nitrogens with one attached hydrogen (secondary N) is 2. The second-order valence-corrected chi connectivity index (χ2v) is 2.87. The Hall–Kier alpha value is -0.170. The second kappa shape index (κ2) is 3.78. The van der Waals surface area contributed by atoms with Crippen LogP contribution in [0.5, 0.6) is 0 Å². The van der Waals surface area contributed by atoms with Crippen molar-refractivity contribution in [2.75, 3.05) is 6.54 Å². The largest absolute Gasteiger partial charge is 0.287 e. The fourth-order valence-electron chi connectivity index (χ4n) is 0.277. The zero-order valence-corrected chi connectivity index (χ0v) is 6.03. The van der Waals surface area contributed by atoms with Crippen LogP contribution in [0.1, 0.15) is 13.3 Å². The third-order valence-electron chi connectivity index (χ3n) is 0.589. The molecule has 0 fully saturated rings. The Balaban J connectivity index is 3.30. The van der Waals surface area contributed by atoms with Crippen LogP contribution < -0.4 is 15.4 Å².